The number of thioether (sulfide) groups is 12. The SMILES string of the molecule is CC(=O)CSCC(CSCC(C)=O)Sc1nnc(SC(CSCC(C)=O)CSCC(C)=O)s1.CC(=O)CSCC(CSc1nnc(SCC(CSCC(C)=O)SCC(C)=O)s1)SCC(C)=O. The van der Waals surface area contributed by atoms with Gasteiger partial charge in [-0.1, -0.05) is 69.7 Å². The number of hydrogen-bond donors (Lipinski definition) is 0. The zero-order valence-electron chi connectivity index (χ0n) is 38.4. The molecule has 0 N–H and O–H groups in total. The minimum atomic E-state index is 0.153. The normalized spacial score (nSPS) is 12.2. The number of aromatic nitrogens is 4. The summed E-state index contributed by atoms with van der Waals surface area (Å²) >= 11 is 22.6. The molecular formula is C40H60N4O8S14. The number of ketones is 8. The lowest BCUT2D eigenvalue weighted by molar-refractivity contribution is -0.115. The summed E-state index contributed by atoms with van der Waals surface area (Å²) in [5.41, 5.74) is 0. The van der Waals surface area contributed by atoms with E-state index in [1.807, 2.05) is 0 Å². The highest BCUT2D eigenvalue weighted by molar-refractivity contribution is 8.09. The molecule has 12 nitrogen and oxygen atoms in total. The molecule has 2 heterocycles. The monoisotopic (exact) mass is 1170 g/mol. The smallest absolute Gasteiger partial charge is 0.175 e. The van der Waals surface area contributed by atoms with Gasteiger partial charge in [0.1, 0.15) is 46.3 Å². The summed E-state index contributed by atoms with van der Waals surface area (Å²) in [7, 11) is 0. The van der Waals surface area contributed by atoms with Crippen LogP contribution in [0.15, 0.2) is 17.4 Å². The quantitative estimate of drug-likeness (QED) is 0.0573. The van der Waals surface area contributed by atoms with E-state index in [2.05, 4.69) is 20.4 Å². The minimum absolute atomic E-state index is 0.153. The Labute approximate surface area is 449 Å². The van der Waals surface area contributed by atoms with Gasteiger partial charge in [0.2, 0.25) is 0 Å². The van der Waals surface area contributed by atoms with Crippen LogP contribution in [0.25, 0.3) is 0 Å². The summed E-state index contributed by atoms with van der Waals surface area (Å²) in [6.07, 6.45) is 0. The lowest BCUT2D eigenvalue weighted by atomic mass is 10.5. The molecule has 2 rings (SSSR count). The highest BCUT2D eigenvalue weighted by atomic mass is 32.2. The molecule has 0 fully saturated rings. The molecule has 0 aliphatic rings. The van der Waals surface area contributed by atoms with Crippen molar-refractivity contribution in [2.45, 2.75) is 93.7 Å². The summed E-state index contributed by atoms with van der Waals surface area (Å²) in [5, 5.41) is 18.3. The van der Waals surface area contributed by atoms with E-state index in [-0.39, 0.29) is 67.3 Å². The lowest BCUT2D eigenvalue weighted by Gasteiger charge is -2.14. The summed E-state index contributed by atoms with van der Waals surface area (Å²) in [4.78, 5) is 90.2. The van der Waals surface area contributed by atoms with Gasteiger partial charge in [-0.05, 0) is 55.4 Å². The van der Waals surface area contributed by atoms with E-state index in [9.17, 15) is 38.4 Å². The van der Waals surface area contributed by atoms with Gasteiger partial charge in [-0.2, -0.15) is 70.6 Å². The maximum absolute atomic E-state index is 11.4. The molecule has 0 saturated heterocycles. The van der Waals surface area contributed by atoms with Crippen molar-refractivity contribution in [2.75, 3.05) is 92.0 Å². The molecule has 0 aliphatic carbocycles. The second kappa shape index (κ2) is 40.2. The van der Waals surface area contributed by atoms with Crippen LogP contribution in [-0.4, -0.2) is 180 Å². The Morgan fingerprint density at radius 2 is 0.561 bits per heavy atom. The van der Waals surface area contributed by atoms with Gasteiger partial charge in [-0.25, -0.2) is 0 Å². The Bertz CT molecular complexity index is 1640. The Morgan fingerprint density at radius 1 is 0.333 bits per heavy atom. The van der Waals surface area contributed by atoms with Crippen LogP contribution in [0.1, 0.15) is 55.4 Å². The fourth-order valence-electron chi connectivity index (χ4n) is 4.22. The van der Waals surface area contributed by atoms with Crippen molar-refractivity contribution < 1.29 is 38.4 Å². The molecule has 26 heteroatoms. The van der Waals surface area contributed by atoms with Gasteiger partial charge in [0.25, 0.3) is 0 Å². The summed E-state index contributed by atoms with van der Waals surface area (Å²) in [5.74, 6) is 11.6. The molecule has 0 radical (unpaired) electrons. The van der Waals surface area contributed by atoms with Gasteiger partial charge in [0, 0.05) is 67.0 Å². The molecular weight excluding hydrogens is 1110 g/mol. The number of rotatable bonds is 40. The van der Waals surface area contributed by atoms with Crippen molar-refractivity contribution in [3.63, 3.8) is 0 Å². The van der Waals surface area contributed by atoms with E-state index in [1.165, 1.54) is 0 Å². The second-order valence-corrected chi connectivity index (χ2v) is 30.7. The van der Waals surface area contributed by atoms with E-state index in [1.54, 1.807) is 219 Å². The van der Waals surface area contributed by atoms with Crippen LogP contribution in [0.3, 0.4) is 0 Å². The lowest BCUT2D eigenvalue weighted by Crippen LogP contribution is -2.14. The van der Waals surface area contributed by atoms with E-state index in [0.717, 1.165) is 63.4 Å². The molecule has 0 aliphatic heterocycles. The van der Waals surface area contributed by atoms with Crippen LogP contribution in [-0.2, 0) is 38.4 Å². The molecule has 0 amide bonds. The average Bonchev–Trinajstić information content (AvgIpc) is 3.87. The van der Waals surface area contributed by atoms with Crippen LogP contribution in [0.4, 0.5) is 0 Å². The molecule has 0 bridgehead atoms. The average molecular weight is 1170 g/mol. The van der Waals surface area contributed by atoms with Crippen molar-refractivity contribution in [3.8, 4) is 0 Å². The predicted octanol–water partition coefficient (Wildman–Crippen LogP) is 9.50. The first-order valence-corrected chi connectivity index (χ1v) is 34.6. The Balaban J connectivity index is 0.000000660. The fourth-order valence-corrected chi connectivity index (χ4v) is 21.0. The van der Waals surface area contributed by atoms with Crippen LogP contribution in [0.5, 0.6) is 0 Å². The van der Waals surface area contributed by atoms with E-state index in [4.69, 9.17) is 0 Å². The molecule has 2 unspecified atom stereocenters. The number of nitrogens with zero attached hydrogens (tertiary/aromatic N) is 4. The molecule has 0 spiro atoms. The van der Waals surface area contributed by atoms with Gasteiger partial charge in [0.05, 0.1) is 46.0 Å². The number of Topliss-reactive ketones (excluding diaryl/α,β-unsaturated/α-hetero) is 8. The summed E-state index contributed by atoms with van der Waals surface area (Å²) in [6.45, 7) is 12.7. The molecule has 0 saturated carbocycles. The molecule has 2 aromatic rings. The molecule has 66 heavy (non-hydrogen) atoms. The second-order valence-electron chi connectivity index (χ2n) is 14.3. The minimum Gasteiger partial charge on any atom is -0.299 e. The largest absolute Gasteiger partial charge is 0.299 e. The highest BCUT2D eigenvalue weighted by Gasteiger charge is 2.20. The maximum atomic E-state index is 11.4. The first kappa shape index (κ1) is 64.7. The van der Waals surface area contributed by atoms with E-state index >= 15 is 0 Å². The van der Waals surface area contributed by atoms with Crippen molar-refractivity contribution >= 4 is 210 Å². The van der Waals surface area contributed by atoms with Gasteiger partial charge < -0.3 is 0 Å². The molecule has 2 atom stereocenters. The van der Waals surface area contributed by atoms with Gasteiger partial charge in [0.15, 0.2) is 17.4 Å². The van der Waals surface area contributed by atoms with Gasteiger partial charge >= 0.3 is 0 Å². The maximum Gasteiger partial charge on any atom is 0.175 e. The topological polar surface area (TPSA) is 188 Å². The van der Waals surface area contributed by atoms with Crippen molar-refractivity contribution in [1.82, 2.24) is 20.4 Å². The van der Waals surface area contributed by atoms with Crippen LogP contribution in [0, 0.1) is 0 Å². The van der Waals surface area contributed by atoms with Crippen molar-refractivity contribution in [1.29, 1.82) is 0 Å². The number of carbonyl (C=O) groups excluding carboxylic acids is 8. The standard InChI is InChI=1S/2C20H30N2O4S7/c1-13(23)5-27-9-17(29-7-15(3)25)11-31-19-21-22-20(33-19)32-12-18(30-8-16(4)26)10-28-6-14(2)24;1-13(23)5-27-9-17(10-28-6-14(2)24)31-19-21-22-20(33-19)32-18(11-29-7-15(3)25)12-30-8-16(4)26/h2*17-18H,5-12H2,1-4H3. The zero-order valence-corrected chi connectivity index (χ0v) is 49.8. The van der Waals surface area contributed by atoms with E-state index < -0.39 is 0 Å². The molecule has 0 aromatic carbocycles. The Kier molecular flexibility index (Phi) is 39.4. The zero-order chi connectivity index (χ0) is 49.3. The first-order chi connectivity index (χ1) is 31.3. The van der Waals surface area contributed by atoms with Crippen molar-refractivity contribution in [3.05, 3.63) is 0 Å². The summed E-state index contributed by atoms with van der Waals surface area (Å²) < 4.78 is 3.53. The van der Waals surface area contributed by atoms with Gasteiger partial charge in [-0.15, -0.1) is 43.9 Å². The first-order valence-electron chi connectivity index (χ1n) is 20.2. The van der Waals surface area contributed by atoms with Crippen LogP contribution < -0.4 is 0 Å². The van der Waals surface area contributed by atoms with Crippen LogP contribution >= 0.6 is 164 Å². The molecule has 372 valence electrons. The third-order valence-corrected chi connectivity index (χ3v) is 25.7. The predicted molar refractivity (Wildman–Crippen MR) is 302 cm³/mol. The highest BCUT2D eigenvalue weighted by Crippen LogP contribution is 2.37. The number of hydrogen-bond acceptors (Lipinski definition) is 26. The fraction of sp³-hybridized carbons (Fsp3) is 0.700. The van der Waals surface area contributed by atoms with Crippen LogP contribution in [0.2, 0.25) is 0 Å². The number of carbonyl (C=O) groups is 8. The third kappa shape index (κ3) is 38.4. The molecule has 2 aromatic heterocycles. The third-order valence-electron chi connectivity index (χ3n) is 6.80. The van der Waals surface area contributed by atoms with Crippen molar-refractivity contribution in [2.24, 2.45) is 0 Å². The Hall–Kier alpha value is 0.680. The van der Waals surface area contributed by atoms with Gasteiger partial charge in [-0.3, -0.25) is 38.4 Å². The summed E-state index contributed by atoms with van der Waals surface area (Å²) in [6, 6.07) is 0. The van der Waals surface area contributed by atoms with E-state index in [0.29, 0.717) is 46.0 Å². The Morgan fingerprint density at radius 3 is 0.818 bits per heavy atom.